The molecule has 1 heterocycles. The van der Waals surface area contributed by atoms with E-state index in [4.69, 9.17) is 9.15 Å². The number of carbonyl (C=O) groups is 2. The zero-order chi connectivity index (χ0) is 17.0. The van der Waals surface area contributed by atoms with Crippen molar-refractivity contribution in [3.63, 3.8) is 0 Å². The summed E-state index contributed by atoms with van der Waals surface area (Å²) in [6.07, 6.45) is 2.36. The number of benzene rings is 1. The van der Waals surface area contributed by atoms with E-state index in [-0.39, 0.29) is 5.76 Å². The Balaban J connectivity index is 2.25. The van der Waals surface area contributed by atoms with E-state index < -0.39 is 23.7 Å². The van der Waals surface area contributed by atoms with Crippen molar-refractivity contribution in [2.24, 2.45) is 0 Å². The maximum absolute atomic E-state index is 13.3. The van der Waals surface area contributed by atoms with E-state index in [1.807, 2.05) is 6.26 Å². The molecule has 0 fully saturated rings. The fourth-order valence-electron chi connectivity index (χ4n) is 2.26. The number of amides is 1. The van der Waals surface area contributed by atoms with Gasteiger partial charge in [0.05, 0.1) is 7.11 Å². The molecule has 1 amide bonds. The number of hydrogen-bond donors (Lipinski definition) is 1. The summed E-state index contributed by atoms with van der Waals surface area (Å²) in [6.45, 7) is 1.68. The van der Waals surface area contributed by atoms with Crippen molar-refractivity contribution in [2.75, 3.05) is 19.1 Å². The first-order valence-corrected chi connectivity index (χ1v) is 8.43. The Morgan fingerprint density at radius 2 is 2.17 bits per heavy atom. The Morgan fingerprint density at radius 1 is 1.43 bits per heavy atom. The molecule has 23 heavy (non-hydrogen) atoms. The van der Waals surface area contributed by atoms with Crippen LogP contribution in [0.4, 0.5) is 4.39 Å². The molecule has 0 saturated heterocycles. The van der Waals surface area contributed by atoms with Crippen molar-refractivity contribution in [3.8, 4) is 0 Å². The number of rotatable bonds is 6. The van der Waals surface area contributed by atoms with E-state index in [0.29, 0.717) is 28.7 Å². The number of ether oxygens (including phenoxy) is 1. The van der Waals surface area contributed by atoms with E-state index in [0.717, 1.165) is 0 Å². The standard InChI is InChI=1S/C16H18FNO4S/c1-9-11-8-10(17)4-5-13(11)22-14(9)15(19)18-12(6-7-23-3)16(20)21-2/h4-5,8,12H,6-7H2,1-3H3,(H,18,19)/t12-/m0/s1. The number of fused-ring (bicyclic) bond motifs is 1. The summed E-state index contributed by atoms with van der Waals surface area (Å²) in [5.74, 6) is -0.656. The summed E-state index contributed by atoms with van der Waals surface area (Å²) in [6, 6.07) is 3.31. The molecule has 2 rings (SSSR count). The third-order valence-corrected chi connectivity index (χ3v) is 4.15. The van der Waals surface area contributed by atoms with Crippen molar-refractivity contribution in [1.29, 1.82) is 0 Å². The Labute approximate surface area is 137 Å². The molecule has 1 aromatic carbocycles. The van der Waals surface area contributed by atoms with Crippen LogP contribution in [0.1, 0.15) is 22.5 Å². The topological polar surface area (TPSA) is 68.5 Å². The largest absolute Gasteiger partial charge is 0.467 e. The Morgan fingerprint density at radius 3 is 2.83 bits per heavy atom. The molecule has 0 aliphatic heterocycles. The minimum absolute atomic E-state index is 0.0728. The summed E-state index contributed by atoms with van der Waals surface area (Å²) < 4.78 is 23.5. The van der Waals surface area contributed by atoms with Gasteiger partial charge in [-0.25, -0.2) is 9.18 Å². The van der Waals surface area contributed by atoms with Crippen LogP contribution in [0.3, 0.4) is 0 Å². The molecule has 2 aromatic rings. The van der Waals surface area contributed by atoms with Gasteiger partial charge in [0.15, 0.2) is 5.76 Å². The van der Waals surface area contributed by atoms with Crippen LogP contribution in [0, 0.1) is 12.7 Å². The van der Waals surface area contributed by atoms with Crippen molar-refractivity contribution in [1.82, 2.24) is 5.32 Å². The summed E-state index contributed by atoms with van der Waals surface area (Å²) in [7, 11) is 1.27. The maximum Gasteiger partial charge on any atom is 0.328 e. The highest BCUT2D eigenvalue weighted by atomic mass is 32.2. The van der Waals surface area contributed by atoms with Crippen molar-refractivity contribution in [3.05, 3.63) is 35.3 Å². The molecular formula is C16H18FNO4S. The molecule has 7 heteroatoms. The fourth-order valence-corrected chi connectivity index (χ4v) is 2.73. The lowest BCUT2D eigenvalue weighted by Crippen LogP contribution is -2.42. The molecule has 1 aromatic heterocycles. The number of hydrogen-bond acceptors (Lipinski definition) is 5. The van der Waals surface area contributed by atoms with Crippen molar-refractivity contribution >= 4 is 34.6 Å². The van der Waals surface area contributed by atoms with E-state index in [2.05, 4.69) is 5.32 Å². The van der Waals surface area contributed by atoms with Crippen LogP contribution in [0.25, 0.3) is 11.0 Å². The van der Waals surface area contributed by atoms with Gasteiger partial charge in [-0.15, -0.1) is 0 Å². The van der Waals surface area contributed by atoms with Gasteiger partial charge in [0, 0.05) is 10.9 Å². The van der Waals surface area contributed by atoms with Crippen LogP contribution in [0.15, 0.2) is 22.6 Å². The molecule has 0 spiro atoms. The van der Waals surface area contributed by atoms with Gasteiger partial charge < -0.3 is 14.5 Å². The molecule has 0 bridgehead atoms. The van der Waals surface area contributed by atoms with Crippen LogP contribution in [0.5, 0.6) is 0 Å². The van der Waals surface area contributed by atoms with Gasteiger partial charge in [-0.1, -0.05) is 0 Å². The normalized spacial score (nSPS) is 12.2. The number of carbonyl (C=O) groups excluding carboxylic acids is 2. The lowest BCUT2D eigenvalue weighted by Gasteiger charge is -2.15. The third-order valence-electron chi connectivity index (χ3n) is 3.51. The number of halogens is 1. The summed E-state index contributed by atoms with van der Waals surface area (Å²) in [4.78, 5) is 24.2. The van der Waals surface area contributed by atoms with Crippen LogP contribution in [0.2, 0.25) is 0 Å². The molecule has 0 aliphatic carbocycles. The quantitative estimate of drug-likeness (QED) is 0.820. The Kier molecular flexibility index (Phi) is 5.65. The van der Waals surface area contributed by atoms with Gasteiger partial charge >= 0.3 is 5.97 Å². The van der Waals surface area contributed by atoms with E-state index >= 15 is 0 Å². The van der Waals surface area contributed by atoms with Gasteiger partial charge in [-0.2, -0.15) is 11.8 Å². The number of methoxy groups -OCH3 is 1. The highest BCUT2D eigenvalue weighted by Gasteiger charge is 2.25. The van der Waals surface area contributed by atoms with Crippen molar-refractivity contribution in [2.45, 2.75) is 19.4 Å². The monoisotopic (exact) mass is 339 g/mol. The molecule has 5 nitrogen and oxygen atoms in total. The summed E-state index contributed by atoms with van der Waals surface area (Å²) in [5.41, 5.74) is 0.957. The summed E-state index contributed by atoms with van der Waals surface area (Å²) in [5, 5.41) is 3.16. The van der Waals surface area contributed by atoms with Crippen LogP contribution < -0.4 is 5.32 Å². The van der Waals surface area contributed by atoms with Crippen LogP contribution in [-0.2, 0) is 9.53 Å². The zero-order valence-electron chi connectivity index (χ0n) is 13.1. The van der Waals surface area contributed by atoms with Crippen LogP contribution >= 0.6 is 11.8 Å². The first kappa shape index (κ1) is 17.3. The van der Waals surface area contributed by atoms with Gasteiger partial charge in [0.2, 0.25) is 0 Å². The SMILES string of the molecule is COC(=O)[C@H](CCSC)NC(=O)c1oc2ccc(F)cc2c1C. The minimum Gasteiger partial charge on any atom is -0.467 e. The molecule has 1 N–H and O–H groups in total. The second kappa shape index (κ2) is 7.50. The molecular weight excluding hydrogens is 321 g/mol. The molecule has 0 unspecified atom stereocenters. The number of nitrogens with one attached hydrogen (secondary N) is 1. The second-order valence-electron chi connectivity index (χ2n) is 5.03. The predicted octanol–water partition coefficient (Wildman–Crippen LogP) is 2.90. The maximum atomic E-state index is 13.3. The zero-order valence-corrected chi connectivity index (χ0v) is 14.0. The second-order valence-corrected chi connectivity index (χ2v) is 6.01. The van der Waals surface area contributed by atoms with E-state index in [1.165, 1.54) is 25.3 Å². The van der Waals surface area contributed by atoms with Gasteiger partial charge in [-0.05, 0) is 43.6 Å². The molecule has 0 aliphatic rings. The average molecular weight is 339 g/mol. The Hall–Kier alpha value is -2.02. The Bertz CT molecular complexity index is 728. The number of thioether (sulfide) groups is 1. The molecule has 124 valence electrons. The minimum atomic E-state index is -0.746. The average Bonchev–Trinajstić information content (AvgIpc) is 2.87. The molecule has 0 saturated carbocycles. The lowest BCUT2D eigenvalue weighted by molar-refractivity contribution is -0.142. The number of aryl methyl sites for hydroxylation is 1. The predicted molar refractivity (Wildman–Crippen MR) is 87.2 cm³/mol. The third kappa shape index (κ3) is 3.85. The van der Waals surface area contributed by atoms with Gasteiger partial charge in [0.1, 0.15) is 17.4 Å². The molecule has 1 atom stereocenters. The first-order chi connectivity index (χ1) is 11.0. The smallest absolute Gasteiger partial charge is 0.328 e. The molecule has 0 radical (unpaired) electrons. The number of furan rings is 1. The fraction of sp³-hybridized carbons (Fsp3) is 0.375. The summed E-state index contributed by atoms with van der Waals surface area (Å²) >= 11 is 1.57. The highest BCUT2D eigenvalue weighted by molar-refractivity contribution is 7.98. The van der Waals surface area contributed by atoms with Crippen molar-refractivity contribution < 1.29 is 23.1 Å². The van der Waals surface area contributed by atoms with E-state index in [9.17, 15) is 14.0 Å². The van der Waals surface area contributed by atoms with Crippen LogP contribution in [-0.4, -0.2) is 37.0 Å². The first-order valence-electron chi connectivity index (χ1n) is 7.04. The van der Waals surface area contributed by atoms with E-state index in [1.54, 1.807) is 18.7 Å². The van der Waals surface area contributed by atoms with Gasteiger partial charge in [-0.3, -0.25) is 4.79 Å². The highest BCUT2D eigenvalue weighted by Crippen LogP contribution is 2.26. The number of esters is 1. The van der Waals surface area contributed by atoms with Gasteiger partial charge in [0.25, 0.3) is 5.91 Å². The lowest BCUT2D eigenvalue weighted by atomic mass is 10.1.